The van der Waals surface area contributed by atoms with Gasteiger partial charge >= 0.3 is 6.09 Å². The summed E-state index contributed by atoms with van der Waals surface area (Å²) in [6.07, 6.45) is -0.564. The highest BCUT2D eigenvalue weighted by Crippen LogP contribution is 2.38. The van der Waals surface area contributed by atoms with Crippen molar-refractivity contribution in [3.63, 3.8) is 0 Å². The van der Waals surface area contributed by atoms with Crippen molar-refractivity contribution in [3.8, 4) is 0 Å². The van der Waals surface area contributed by atoms with Crippen LogP contribution in [0.2, 0.25) is 5.15 Å². The van der Waals surface area contributed by atoms with Gasteiger partial charge in [-0.2, -0.15) is 0 Å². The molecular weight excluding hydrogens is 287 g/mol. The van der Waals surface area contributed by atoms with E-state index in [4.69, 9.17) is 16.7 Å². The number of nitrogens with one attached hydrogen (secondary N) is 1. The summed E-state index contributed by atoms with van der Waals surface area (Å²) in [5, 5.41) is 19.9. The van der Waals surface area contributed by atoms with Gasteiger partial charge in [-0.3, -0.25) is 4.90 Å². The van der Waals surface area contributed by atoms with Crippen LogP contribution < -0.4 is 5.32 Å². The van der Waals surface area contributed by atoms with Crippen LogP contribution >= 0.6 is 11.6 Å². The van der Waals surface area contributed by atoms with Crippen LogP contribution in [0.3, 0.4) is 0 Å². The molecule has 2 fully saturated rings. The molecule has 2 aliphatic rings. The predicted octanol–water partition coefficient (Wildman–Crippen LogP) is 2.16. The maximum atomic E-state index is 14.5. The minimum atomic E-state index is -1.25. The van der Waals surface area contributed by atoms with E-state index in [2.05, 4.69) is 15.5 Å². The van der Waals surface area contributed by atoms with Crippen molar-refractivity contribution in [1.82, 2.24) is 15.1 Å². The van der Waals surface area contributed by atoms with E-state index in [1.54, 1.807) is 12.1 Å². The predicted molar refractivity (Wildman–Crippen MR) is 70.6 cm³/mol. The SMILES string of the molecule is O=C(O)N1[C@@H]2CC[C@H]1[C@H](F)[C@H](Nc1ccc(Cl)nn1)C2. The third kappa shape index (κ3) is 2.26. The topological polar surface area (TPSA) is 78.4 Å². The maximum Gasteiger partial charge on any atom is 0.407 e. The van der Waals surface area contributed by atoms with E-state index in [1.165, 1.54) is 4.90 Å². The Morgan fingerprint density at radius 2 is 2.25 bits per heavy atom. The van der Waals surface area contributed by atoms with Crippen molar-refractivity contribution in [2.75, 3.05) is 5.32 Å². The van der Waals surface area contributed by atoms with E-state index in [-0.39, 0.29) is 11.2 Å². The molecule has 0 unspecified atom stereocenters. The van der Waals surface area contributed by atoms with E-state index in [9.17, 15) is 9.18 Å². The smallest absolute Gasteiger partial charge is 0.407 e. The van der Waals surface area contributed by atoms with Gasteiger partial charge in [-0.15, -0.1) is 10.2 Å². The number of amides is 1. The van der Waals surface area contributed by atoms with Gasteiger partial charge in [-0.05, 0) is 31.4 Å². The number of aromatic nitrogens is 2. The fourth-order valence-corrected chi connectivity index (χ4v) is 3.27. The van der Waals surface area contributed by atoms with Crippen molar-refractivity contribution in [2.24, 2.45) is 0 Å². The fraction of sp³-hybridized carbons (Fsp3) is 0.583. The van der Waals surface area contributed by atoms with Crippen molar-refractivity contribution < 1.29 is 14.3 Å². The summed E-state index contributed by atoms with van der Waals surface area (Å²) < 4.78 is 14.5. The highest BCUT2D eigenvalue weighted by atomic mass is 35.5. The molecule has 1 aromatic heterocycles. The summed E-state index contributed by atoms with van der Waals surface area (Å²) in [7, 11) is 0. The number of piperidine rings is 1. The molecule has 2 bridgehead atoms. The van der Waals surface area contributed by atoms with E-state index < -0.39 is 24.3 Å². The molecule has 8 heteroatoms. The standard InChI is InChI=1S/C12H14ClFN4O2/c13-9-3-4-10(17-16-9)15-7-5-6-1-2-8(11(7)14)18(6)12(19)20/h3-4,6-8,11H,1-2,5H2,(H,15,17)(H,19,20)/t6-,7-,8+,11-/m1/s1. The van der Waals surface area contributed by atoms with Gasteiger partial charge in [0, 0.05) is 6.04 Å². The second kappa shape index (κ2) is 5.05. The molecule has 3 heterocycles. The molecule has 0 radical (unpaired) electrons. The number of halogens is 2. The van der Waals surface area contributed by atoms with Crippen molar-refractivity contribution in [3.05, 3.63) is 17.3 Å². The molecule has 0 spiro atoms. The first-order chi connectivity index (χ1) is 9.56. The molecule has 0 aromatic carbocycles. The van der Waals surface area contributed by atoms with Crippen LogP contribution in [0.5, 0.6) is 0 Å². The molecule has 108 valence electrons. The summed E-state index contributed by atoms with van der Waals surface area (Å²) in [5.41, 5.74) is 0. The number of alkyl halides is 1. The number of fused-ring (bicyclic) bond motifs is 2. The summed E-state index contributed by atoms with van der Waals surface area (Å²) in [5.74, 6) is 0.449. The van der Waals surface area contributed by atoms with Crippen LogP contribution in [0, 0.1) is 0 Å². The lowest BCUT2D eigenvalue weighted by atomic mass is 9.96. The summed E-state index contributed by atoms with van der Waals surface area (Å²) in [6.45, 7) is 0. The number of carbonyl (C=O) groups is 1. The first-order valence-corrected chi connectivity index (χ1v) is 6.85. The van der Waals surface area contributed by atoms with Crippen LogP contribution in [-0.4, -0.2) is 50.6 Å². The van der Waals surface area contributed by atoms with Crippen molar-refractivity contribution in [2.45, 2.75) is 43.6 Å². The molecule has 4 atom stereocenters. The van der Waals surface area contributed by atoms with E-state index in [1.807, 2.05) is 0 Å². The number of nitrogens with zero attached hydrogens (tertiary/aromatic N) is 3. The Morgan fingerprint density at radius 3 is 2.90 bits per heavy atom. The lowest BCUT2D eigenvalue weighted by Gasteiger charge is -2.39. The number of hydrogen-bond donors (Lipinski definition) is 2. The average Bonchev–Trinajstić information content (AvgIpc) is 2.77. The third-order valence-corrected chi connectivity index (χ3v) is 4.21. The minimum Gasteiger partial charge on any atom is -0.465 e. The number of hydrogen-bond acceptors (Lipinski definition) is 4. The van der Waals surface area contributed by atoms with Crippen molar-refractivity contribution in [1.29, 1.82) is 0 Å². The van der Waals surface area contributed by atoms with Gasteiger partial charge in [0.2, 0.25) is 0 Å². The molecular formula is C12H14ClFN4O2. The quantitative estimate of drug-likeness (QED) is 0.875. The normalized spacial score (nSPS) is 32.2. The first kappa shape index (κ1) is 13.4. The largest absolute Gasteiger partial charge is 0.465 e. The van der Waals surface area contributed by atoms with E-state index in [0.29, 0.717) is 25.1 Å². The molecule has 0 aliphatic carbocycles. The maximum absolute atomic E-state index is 14.5. The van der Waals surface area contributed by atoms with Crippen LogP contribution in [0.25, 0.3) is 0 Å². The monoisotopic (exact) mass is 300 g/mol. The van der Waals surface area contributed by atoms with Gasteiger partial charge in [-0.25, -0.2) is 9.18 Å². The molecule has 1 aromatic rings. The Balaban J connectivity index is 1.74. The molecule has 3 rings (SSSR count). The third-order valence-electron chi connectivity index (χ3n) is 4.01. The number of anilines is 1. The minimum absolute atomic E-state index is 0.123. The summed E-state index contributed by atoms with van der Waals surface area (Å²) >= 11 is 5.65. The van der Waals surface area contributed by atoms with E-state index in [0.717, 1.165) is 0 Å². The molecule has 20 heavy (non-hydrogen) atoms. The Kier molecular flexibility index (Phi) is 3.37. The van der Waals surface area contributed by atoms with Gasteiger partial charge in [-0.1, -0.05) is 11.6 Å². The second-order valence-electron chi connectivity index (χ2n) is 5.16. The van der Waals surface area contributed by atoms with E-state index >= 15 is 0 Å². The fourth-order valence-electron chi connectivity index (χ4n) is 3.17. The van der Waals surface area contributed by atoms with Crippen LogP contribution in [-0.2, 0) is 0 Å². The molecule has 6 nitrogen and oxygen atoms in total. The lowest BCUT2D eigenvalue weighted by molar-refractivity contribution is 0.0544. The van der Waals surface area contributed by atoms with Crippen LogP contribution in [0.1, 0.15) is 19.3 Å². The van der Waals surface area contributed by atoms with Crippen molar-refractivity contribution >= 4 is 23.5 Å². The zero-order chi connectivity index (χ0) is 14.3. The van der Waals surface area contributed by atoms with Gasteiger partial charge in [0.05, 0.1) is 12.1 Å². The Bertz CT molecular complexity index is 515. The van der Waals surface area contributed by atoms with Crippen LogP contribution in [0.4, 0.5) is 15.0 Å². The highest BCUT2D eigenvalue weighted by molar-refractivity contribution is 6.29. The van der Waals surface area contributed by atoms with Gasteiger partial charge in [0.1, 0.15) is 12.0 Å². The highest BCUT2D eigenvalue weighted by Gasteiger charge is 2.50. The zero-order valence-electron chi connectivity index (χ0n) is 10.5. The molecule has 2 saturated heterocycles. The average molecular weight is 301 g/mol. The zero-order valence-corrected chi connectivity index (χ0v) is 11.3. The molecule has 2 N–H and O–H groups in total. The Hall–Kier alpha value is -1.63. The first-order valence-electron chi connectivity index (χ1n) is 6.47. The van der Waals surface area contributed by atoms with Crippen LogP contribution in [0.15, 0.2) is 12.1 Å². The van der Waals surface area contributed by atoms with Gasteiger partial charge in [0.25, 0.3) is 0 Å². The molecule has 2 aliphatic heterocycles. The second-order valence-corrected chi connectivity index (χ2v) is 5.55. The Morgan fingerprint density at radius 1 is 1.45 bits per heavy atom. The molecule has 0 saturated carbocycles. The number of carboxylic acid groups (broad SMARTS) is 1. The summed E-state index contributed by atoms with van der Waals surface area (Å²) in [6, 6.07) is 2.07. The van der Waals surface area contributed by atoms with Gasteiger partial charge in [0.15, 0.2) is 5.15 Å². The summed E-state index contributed by atoms with van der Waals surface area (Å²) in [4.78, 5) is 12.4. The van der Waals surface area contributed by atoms with Gasteiger partial charge < -0.3 is 10.4 Å². The number of rotatable bonds is 2. The lowest BCUT2D eigenvalue weighted by Crippen LogP contribution is -2.56. The Labute approximate surface area is 119 Å². The molecule has 1 amide bonds.